The molecule has 0 bridgehead atoms. The van der Waals surface area contributed by atoms with E-state index >= 15 is 0 Å². The van der Waals surface area contributed by atoms with Crippen molar-refractivity contribution in [3.8, 4) is 11.8 Å². The number of aryl methyl sites for hydroxylation is 1. The predicted octanol–water partition coefficient (Wildman–Crippen LogP) is 2.89. The Bertz CT molecular complexity index is 559. The smallest absolute Gasteiger partial charge is 0.0694 e. The van der Waals surface area contributed by atoms with Crippen molar-refractivity contribution in [1.29, 1.82) is 0 Å². The van der Waals surface area contributed by atoms with Crippen LogP contribution < -0.4 is 0 Å². The van der Waals surface area contributed by atoms with E-state index in [1.165, 1.54) is 0 Å². The molecule has 0 unspecified atom stereocenters. The van der Waals surface area contributed by atoms with E-state index < -0.39 is 0 Å². The molecule has 0 aliphatic heterocycles. The van der Waals surface area contributed by atoms with Crippen LogP contribution in [-0.2, 0) is 6.61 Å². The zero-order valence-corrected chi connectivity index (χ0v) is 9.77. The highest BCUT2D eigenvalue weighted by Gasteiger charge is 1.98. The van der Waals surface area contributed by atoms with Gasteiger partial charge in [0.1, 0.15) is 0 Å². The fourth-order valence-electron chi connectivity index (χ4n) is 1.64. The van der Waals surface area contributed by atoms with Crippen LogP contribution in [0.4, 0.5) is 0 Å². The molecule has 0 amide bonds. The lowest BCUT2D eigenvalue weighted by Crippen LogP contribution is -1.90. The molecular weight excluding hydrogens is 208 g/mol. The van der Waals surface area contributed by atoms with Crippen molar-refractivity contribution in [3.63, 3.8) is 0 Å². The summed E-state index contributed by atoms with van der Waals surface area (Å²) in [5.74, 6) is 6.19. The zero-order valence-electron chi connectivity index (χ0n) is 9.77. The minimum Gasteiger partial charge on any atom is -0.392 e. The molecular formula is C16H14O. The first-order valence-electron chi connectivity index (χ1n) is 5.57. The molecule has 0 aromatic heterocycles. The van der Waals surface area contributed by atoms with Crippen molar-refractivity contribution < 1.29 is 5.11 Å². The molecule has 0 saturated heterocycles. The maximum Gasteiger partial charge on any atom is 0.0694 e. The van der Waals surface area contributed by atoms with Gasteiger partial charge >= 0.3 is 0 Å². The Morgan fingerprint density at radius 3 is 2.47 bits per heavy atom. The molecule has 1 nitrogen and oxygen atoms in total. The van der Waals surface area contributed by atoms with Crippen LogP contribution in [0.3, 0.4) is 0 Å². The first kappa shape index (κ1) is 11.4. The van der Waals surface area contributed by atoms with E-state index in [1.807, 2.05) is 55.5 Å². The van der Waals surface area contributed by atoms with Crippen molar-refractivity contribution in [2.45, 2.75) is 13.5 Å². The van der Waals surface area contributed by atoms with E-state index in [2.05, 4.69) is 11.8 Å². The predicted molar refractivity (Wildman–Crippen MR) is 69.5 cm³/mol. The number of benzene rings is 2. The molecule has 0 radical (unpaired) electrons. The first-order valence-corrected chi connectivity index (χ1v) is 5.57. The summed E-state index contributed by atoms with van der Waals surface area (Å²) < 4.78 is 0. The lowest BCUT2D eigenvalue weighted by atomic mass is 10.0. The van der Waals surface area contributed by atoms with Crippen molar-refractivity contribution in [2.75, 3.05) is 0 Å². The second kappa shape index (κ2) is 5.34. The Hall–Kier alpha value is -2.04. The van der Waals surface area contributed by atoms with E-state index in [0.29, 0.717) is 0 Å². The van der Waals surface area contributed by atoms with Crippen LogP contribution in [0.15, 0.2) is 48.5 Å². The van der Waals surface area contributed by atoms with E-state index in [-0.39, 0.29) is 6.61 Å². The van der Waals surface area contributed by atoms with Gasteiger partial charge in [0.15, 0.2) is 0 Å². The molecule has 2 aromatic carbocycles. The highest BCUT2D eigenvalue weighted by molar-refractivity contribution is 5.47. The van der Waals surface area contributed by atoms with Crippen LogP contribution in [-0.4, -0.2) is 5.11 Å². The van der Waals surface area contributed by atoms with Gasteiger partial charge in [0.25, 0.3) is 0 Å². The normalized spacial score (nSPS) is 9.53. The molecule has 17 heavy (non-hydrogen) atoms. The van der Waals surface area contributed by atoms with Crippen LogP contribution >= 0.6 is 0 Å². The summed E-state index contributed by atoms with van der Waals surface area (Å²) in [4.78, 5) is 0. The topological polar surface area (TPSA) is 20.2 Å². The van der Waals surface area contributed by atoms with Gasteiger partial charge in [0.05, 0.1) is 6.61 Å². The number of hydrogen-bond acceptors (Lipinski definition) is 1. The van der Waals surface area contributed by atoms with Crippen molar-refractivity contribution in [3.05, 3.63) is 70.8 Å². The number of hydrogen-bond donors (Lipinski definition) is 1. The molecule has 2 rings (SSSR count). The van der Waals surface area contributed by atoms with Gasteiger partial charge in [0.2, 0.25) is 0 Å². The monoisotopic (exact) mass is 222 g/mol. The molecule has 2 aromatic rings. The lowest BCUT2D eigenvalue weighted by Gasteiger charge is -2.01. The summed E-state index contributed by atoms with van der Waals surface area (Å²) in [6, 6.07) is 15.8. The Morgan fingerprint density at radius 1 is 1.00 bits per heavy atom. The first-order chi connectivity index (χ1) is 8.29. The summed E-state index contributed by atoms with van der Waals surface area (Å²) in [6.45, 7) is 2.04. The SMILES string of the molecule is Cc1ccc(C#Cc2ccccc2)c(CO)c1. The second-order valence-electron chi connectivity index (χ2n) is 3.93. The average molecular weight is 222 g/mol. The van der Waals surface area contributed by atoms with Gasteiger partial charge in [-0.15, -0.1) is 0 Å². The van der Waals surface area contributed by atoms with Gasteiger partial charge in [-0.3, -0.25) is 0 Å². The highest BCUT2D eigenvalue weighted by atomic mass is 16.3. The van der Waals surface area contributed by atoms with Crippen molar-refractivity contribution >= 4 is 0 Å². The Morgan fingerprint density at radius 2 is 1.76 bits per heavy atom. The minimum absolute atomic E-state index is 0.0283. The summed E-state index contributed by atoms with van der Waals surface area (Å²) >= 11 is 0. The fraction of sp³-hybridized carbons (Fsp3) is 0.125. The molecule has 0 aliphatic rings. The van der Waals surface area contributed by atoms with E-state index in [1.54, 1.807) is 0 Å². The second-order valence-corrected chi connectivity index (χ2v) is 3.93. The van der Waals surface area contributed by atoms with Crippen LogP contribution in [0.5, 0.6) is 0 Å². The molecule has 0 fully saturated rings. The maximum absolute atomic E-state index is 9.27. The average Bonchev–Trinajstić information content (AvgIpc) is 2.38. The molecule has 0 heterocycles. The number of aliphatic hydroxyl groups is 1. The van der Waals surface area contributed by atoms with Crippen LogP contribution in [0, 0.1) is 18.8 Å². The standard InChI is InChI=1S/C16H14O/c1-13-7-9-15(16(11-13)12-17)10-8-14-5-3-2-4-6-14/h2-7,9,11,17H,12H2,1H3. The summed E-state index contributed by atoms with van der Waals surface area (Å²) in [5, 5.41) is 9.27. The number of rotatable bonds is 1. The third kappa shape index (κ3) is 2.96. The largest absolute Gasteiger partial charge is 0.392 e. The van der Waals surface area contributed by atoms with Gasteiger partial charge in [-0.1, -0.05) is 47.7 Å². The van der Waals surface area contributed by atoms with Gasteiger partial charge < -0.3 is 5.11 Å². The highest BCUT2D eigenvalue weighted by Crippen LogP contribution is 2.10. The molecule has 84 valence electrons. The minimum atomic E-state index is 0.0283. The summed E-state index contributed by atoms with van der Waals surface area (Å²) in [7, 11) is 0. The van der Waals surface area contributed by atoms with Crippen molar-refractivity contribution in [2.24, 2.45) is 0 Å². The third-order valence-electron chi connectivity index (χ3n) is 2.55. The van der Waals surface area contributed by atoms with Gasteiger partial charge in [0, 0.05) is 11.1 Å². The Balaban J connectivity index is 2.34. The molecule has 0 atom stereocenters. The van der Waals surface area contributed by atoms with E-state index in [0.717, 1.165) is 22.3 Å². The number of aliphatic hydroxyl groups excluding tert-OH is 1. The quantitative estimate of drug-likeness (QED) is 0.736. The third-order valence-corrected chi connectivity index (χ3v) is 2.55. The molecule has 0 saturated carbocycles. The van der Waals surface area contributed by atoms with E-state index in [9.17, 15) is 5.11 Å². The Kier molecular flexibility index (Phi) is 3.59. The van der Waals surface area contributed by atoms with Gasteiger partial charge in [-0.25, -0.2) is 0 Å². The maximum atomic E-state index is 9.27. The van der Waals surface area contributed by atoms with Crippen LogP contribution in [0.25, 0.3) is 0 Å². The molecule has 0 spiro atoms. The molecule has 0 aliphatic carbocycles. The van der Waals surface area contributed by atoms with Crippen LogP contribution in [0.2, 0.25) is 0 Å². The summed E-state index contributed by atoms with van der Waals surface area (Å²) in [6.07, 6.45) is 0. The Labute approximate surface area is 102 Å². The lowest BCUT2D eigenvalue weighted by molar-refractivity contribution is 0.281. The molecule has 1 heteroatoms. The fourth-order valence-corrected chi connectivity index (χ4v) is 1.64. The van der Waals surface area contributed by atoms with Gasteiger partial charge in [-0.2, -0.15) is 0 Å². The van der Waals surface area contributed by atoms with Gasteiger partial charge in [-0.05, 0) is 30.7 Å². The van der Waals surface area contributed by atoms with Crippen LogP contribution in [0.1, 0.15) is 22.3 Å². The van der Waals surface area contributed by atoms with E-state index in [4.69, 9.17) is 0 Å². The zero-order chi connectivity index (χ0) is 12.1. The summed E-state index contributed by atoms with van der Waals surface area (Å²) in [5.41, 5.74) is 3.90. The van der Waals surface area contributed by atoms with Crippen molar-refractivity contribution in [1.82, 2.24) is 0 Å². The molecule has 1 N–H and O–H groups in total.